The Balaban J connectivity index is 1.76. The number of likely N-dealkylation sites (tertiary alicyclic amines) is 1. The third kappa shape index (κ3) is 4.42. The van der Waals surface area contributed by atoms with Crippen LogP contribution in [0.2, 0.25) is 0 Å². The van der Waals surface area contributed by atoms with Crippen LogP contribution in [-0.2, 0) is 4.79 Å². The minimum Gasteiger partial charge on any atom is -0.340 e. The zero-order valence-electron chi connectivity index (χ0n) is 14.5. The van der Waals surface area contributed by atoms with Gasteiger partial charge >= 0.3 is 0 Å². The zero-order valence-corrected chi connectivity index (χ0v) is 14.5. The summed E-state index contributed by atoms with van der Waals surface area (Å²) in [7, 11) is 0. The van der Waals surface area contributed by atoms with Gasteiger partial charge in [0.2, 0.25) is 5.91 Å². The molecular formula is C17H32FN3O. The van der Waals surface area contributed by atoms with E-state index in [1.54, 1.807) is 0 Å². The molecule has 0 aromatic heterocycles. The highest BCUT2D eigenvalue weighted by Crippen LogP contribution is 2.29. The van der Waals surface area contributed by atoms with Crippen LogP contribution < -0.4 is 0 Å². The predicted molar refractivity (Wildman–Crippen MR) is 87.7 cm³/mol. The highest BCUT2D eigenvalue weighted by molar-refractivity contribution is 5.75. The third-order valence-corrected chi connectivity index (χ3v) is 5.44. The first kappa shape index (κ1) is 17.7. The molecule has 0 radical (unpaired) electrons. The van der Waals surface area contributed by atoms with Crippen molar-refractivity contribution in [3.05, 3.63) is 0 Å². The second-order valence-corrected chi connectivity index (χ2v) is 6.95. The molecule has 22 heavy (non-hydrogen) atoms. The summed E-state index contributed by atoms with van der Waals surface area (Å²) in [5.41, 5.74) is -1.04. The molecule has 4 nitrogen and oxygen atoms in total. The molecule has 0 aliphatic carbocycles. The molecule has 128 valence electrons. The highest BCUT2D eigenvalue weighted by atomic mass is 19.1. The molecule has 1 atom stereocenters. The van der Waals surface area contributed by atoms with E-state index in [-0.39, 0.29) is 5.91 Å². The lowest BCUT2D eigenvalue weighted by atomic mass is 9.91. The molecule has 0 spiro atoms. The van der Waals surface area contributed by atoms with Gasteiger partial charge in [-0.05, 0) is 26.2 Å². The summed E-state index contributed by atoms with van der Waals surface area (Å²) in [6.45, 7) is 11.7. The lowest BCUT2D eigenvalue weighted by molar-refractivity contribution is -0.132. The van der Waals surface area contributed by atoms with Crippen molar-refractivity contribution in [1.82, 2.24) is 14.7 Å². The molecule has 0 aromatic carbocycles. The Hall–Kier alpha value is -0.680. The fourth-order valence-electron chi connectivity index (χ4n) is 3.56. The van der Waals surface area contributed by atoms with Crippen molar-refractivity contribution in [2.45, 2.75) is 58.2 Å². The summed E-state index contributed by atoms with van der Waals surface area (Å²) >= 11 is 0. The Bertz CT molecular complexity index is 361. The molecule has 0 bridgehead atoms. The van der Waals surface area contributed by atoms with E-state index in [0.29, 0.717) is 31.8 Å². The second kappa shape index (κ2) is 7.73. The number of piperazine rings is 1. The van der Waals surface area contributed by atoms with Crippen LogP contribution in [0.25, 0.3) is 0 Å². The van der Waals surface area contributed by atoms with E-state index >= 15 is 4.39 Å². The molecule has 0 saturated carbocycles. The van der Waals surface area contributed by atoms with Crippen molar-refractivity contribution in [1.29, 1.82) is 0 Å². The highest BCUT2D eigenvalue weighted by Gasteiger charge is 2.37. The van der Waals surface area contributed by atoms with Gasteiger partial charge < -0.3 is 9.80 Å². The van der Waals surface area contributed by atoms with Gasteiger partial charge in [0.25, 0.3) is 0 Å². The van der Waals surface area contributed by atoms with E-state index in [1.807, 2.05) is 11.8 Å². The zero-order chi connectivity index (χ0) is 16.2. The maximum absolute atomic E-state index is 15.1. The number of hydrogen-bond donors (Lipinski definition) is 0. The van der Waals surface area contributed by atoms with Gasteiger partial charge in [0.15, 0.2) is 0 Å². The smallest absolute Gasteiger partial charge is 0.222 e. The molecule has 2 aliphatic heterocycles. The van der Waals surface area contributed by atoms with Crippen LogP contribution in [0, 0.1) is 0 Å². The molecule has 0 aromatic rings. The SMILES string of the molecule is CCC(=O)N1CCN(CC2(F)CCN(C(C)CC)CC2)CC1. The average molecular weight is 313 g/mol. The molecule has 0 N–H and O–H groups in total. The van der Waals surface area contributed by atoms with Crippen LogP contribution in [0.1, 0.15) is 46.5 Å². The lowest BCUT2D eigenvalue weighted by Gasteiger charge is -2.43. The van der Waals surface area contributed by atoms with Crippen LogP contribution in [0.3, 0.4) is 0 Å². The van der Waals surface area contributed by atoms with Gasteiger partial charge in [-0.25, -0.2) is 4.39 Å². The van der Waals surface area contributed by atoms with E-state index < -0.39 is 5.67 Å². The van der Waals surface area contributed by atoms with Crippen LogP contribution in [0.5, 0.6) is 0 Å². The van der Waals surface area contributed by atoms with Gasteiger partial charge in [0.05, 0.1) is 0 Å². The van der Waals surface area contributed by atoms with E-state index in [9.17, 15) is 4.79 Å². The summed E-state index contributed by atoms with van der Waals surface area (Å²) in [5, 5.41) is 0. The summed E-state index contributed by atoms with van der Waals surface area (Å²) in [6, 6.07) is 0.563. The Morgan fingerprint density at radius 1 is 1.09 bits per heavy atom. The minimum absolute atomic E-state index is 0.219. The predicted octanol–water partition coefficient (Wildman–Crippen LogP) is 2.14. The number of carbonyl (C=O) groups is 1. The number of halogens is 1. The number of piperidine rings is 1. The van der Waals surface area contributed by atoms with Crippen molar-refractivity contribution in [2.75, 3.05) is 45.8 Å². The molecule has 2 fully saturated rings. The molecular weight excluding hydrogens is 281 g/mol. The maximum Gasteiger partial charge on any atom is 0.222 e. The van der Waals surface area contributed by atoms with Crippen molar-refractivity contribution in [2.24, 2.45) is 0 Å². The van der Waals surface area contributed by atoms with Crippen molar-refractivity contribution < 1.29 is 9.18 Å². The molecule has 2 saturated heterocycles. The average Bonchev–Trinajstić information content (AvgIpc) is 2.54. The summed E-state index contributed by atoms with van der Waals surface area (Å²) < 4.78 is 15.1. The number of alkyl halides is 1. The van der Waals surface area contributed by atoms with Crippen molar-refractivity contribution in [3.63, 3.8) is 0 Å². The maximum atomic E-state index is 15.1. The first-order valence-electron chi connectivity index (χ1n) is 8.90. The minimum atomic E-state index is -1.04. The molecule has 1 unspecified atom stereocenters. The fourth-order valence-corrected chi connectivity index (χ4v) is 3.56. The van der Waals surface area contributed by atoms with Gasteiger partial charge in [0, 0.05) is 58.3 Å². The van der Waals surface area contributed by atoms with E-state index in [1.165, 1.54) is 0 Å². The number of nitrogens with zero attached hydrogens (tertiary/aromatic N) is 3. The van der Waals surface area contributed by atoms with E-state index in [2.05, 4.69) is 23.6 Å². The van der Waals surface area contributed by atoms with Gasteiger partial charge in [-0.15, -0.1) is 0 Å². The number of amides is 1. The van der Waals surface area contributed by atoms with Crippen LogP contribution in [0.4, 0.5) is 4.39 Å². The standard InChI is InChI=1S/C17H32FN3O/c1-4-15(3)20-8-6-17(18,7-9-20)14-19-10-12-21(13-11-19)16(22)5-2/h15H,4-14H2,1-3H3. The van der Waals surface area contributed by atoms with E-state index in [4.69, 9.17) is 0 Å². The van der Waals surface area contributed by atoms with Gasteiger partial charge in [-0.1, -0.05) is 13.8 Å². The second-order valence-electron chi connectivity index (χ2n) is 6.95. The normalized spacial score (nSPS) is 25.2. The first-order valence-corrected chi connectivity index (χ1v) is 8.90. The van der Waals surface area contributed by atoms with Crippen molar-refractivity contribution in [3.8, 4) is 0 Å². The lowest BCUT2D eigenvalue weighted by Crippen LogP contribution is -2.55. The Morgan fingerprint density at radius 2 is 1.68 bits per heavy atom. The fraction of sp³-hybridized carbons (Fsp3) is 0.941. The summed E-state index contributed by atoms with van der Waals surface area (Å²) in [4.78, 5) is 18.2. The molecule has 5 heteroatoms. The first-order chi connectivity index (χ1) is 10.5. The van der Waals surface area contributed by atoms with Gasteiger partial charge in [-0.2, -0.15) is 0 Å². The Labute approximate surface area is 134 Å². The Kier molecular flexibility index (Phi) is 6.21. The number of hydrogen-bond acceptors (Lipinski definition) is 3. The molecule has 2 heterocycles. The van der Waals surface area contributed by atoms with Crippen LogP contribution >= 0.6 is 0 Å². The molecule has 1 amide bonds. The quantitative estimate of drug-likeness (QED) is 0.778. The summed E-state index contributed by atoms with van der Waals surface area (Å²) in [6.07, 6.45) is 2.99. The molecule has 2 rings (SSSR count). The Morgan fingerprint density at radius 3 is 2.18 bits per heavy atom. The topological polar surface area (TPSA) is 26.8 Å². The largest absolute Gasteiger partial charge is 0.340 e. The number of carbonyl (C=O) groups excluding carboxylic acids is 1. The van der Waals surface area contributed by atoms with E-state index in [0.717, 1.165) is 45.7 Å². The van der Waals surface area contributed by atoms with Crippen LogP contribution in [0.15, 0.2) is 0 Å². The van der Waals surface area contributed by atoms with Gasteiger partial charge in [-0.3, -0.25) is 9.69 Å². The number of rotatable bonds is 5. The molecule has 2 aliphatic rings. The van der Waals surface area contributed by atoms with Gasteiger partial charge in [0.1, 0.15) is 5.67 Å². The van der Waals surface area contributed by atoms with Crippen molar-refractivity contribution >= 4 is 5.91 Å². The summed E-state index contributed by atoms with van der Waals surface area (Å²) in [5.74, 6) is 0.219. The van der Waals surface area contributed by atoms with Crippen LogP contribution in [-0.4, -0.2) is 78.1 Å². The monoisotopic (exact) mass is 313 g/mol. The third-order valence-electron chi connectivity index (χ3n) is 5.44.